The molecule has 1 aromatic carbocycles. The summed E-state index contributed by atoms with van der Waals surface area (Å²) < 4.78 is 37.3. The van der Waals surface area contributed by atoms with Crippen LogP contribution >= 0.6 is 0 Å². The number of aromatic nitrogens is 1. The summed E-state index contributed by atoms with van der Waals surface area (Å²) in [5.74, 6) is 0.968. The maximum Gasteiger partial charge on any atom is 0.267 e. The van der Waals surface area contributed by atoms with Gasteiger partial charge in [0.1, 0.15) is 16.4 Å². The maximum absolute atomic E-state index is 12.4. The molecule has 7 heteroatoms. The summed E-state index contributed by atoms with van der Waals surface area (Å²) in [4.78, 5) is 0.103. The van der Waals surface area contributed by atoms with E-state index in [-0.39, 0.29) is 10.7 Å². The van der Waals surface area contributed by atoms with Gasteiger partial charge >= 0.3 is 0 Å². The first kappa shape index (κ1) is 14.4. The number of ether oxygens (including phenoxy) is 1. The second kappa shape index (κ2) is 5.16. The fourth-order valence-corrected chi connectivity index (χ4v) is 3.38. The van der Waals surface area contributed by atoms with Crippen molar-refractivity contribution < 1.29 is 17.7 Å². The predicted octanol–water partition coefficient (Wildman–Crippen LogP) is 2.41. The minimum absolute atomic E-state index is 0.103. The quantitative estimate of drug-likeness (QED) is 0.937. The average Bonchev–Trinajstić information content (AvgIpc) is 2.72. The van der Waals surface area contributed by atoms with Crippen molar-refractivity contribution in [3.63, 3.8) is 0 Å². The number of nitrogens with one attached hydrogen (secondary N) is 1. The topological polar surface area (TPSA) is 81.4 Å². The molecule has 0 radical (unpaired) electrons. The second-order valence-corrected chi connectivity index (χ2v) is 6.16. The molecule has 1 heterocycles. The number of hydrogen-bond donors (Lipinski definition) is 1. The highest BCUT2D eigenvalue weighted by atomic mass is 32.2. The standard InChI is InChI=1S/C13H16N2O4S/c1-8-5-9(2)13(11(6-8)18-4)20(16,17)15-12-7-10(3)19-14-12/h5-7H,1-4H3,(H,14,15). The summed E-state index contributed by atoms with van der Waals surface area (Å²) in [6.07, 6.45) is 0. The molecular weight excluding hydrogens is 280 g/mol. The largest absolute Gasteiger partial charge is 0.495 e. The van der Waals surface area contributed by atoms with Gasteiger partial charge in [-0.05, 0) is 38.0 Å². The van der Waals surface area contributed by atoms with Gasteiger partial charge in [0.25, 0.3) is 10.0 Å². The number of sulfonamides is 1. The summed E-state index contributed by atoms with van der Waals surface area (Å²) in [6.45, 7) is 5.28. The number of nitrogens with zero attached hydrogens (tertiary/aromatic N) is 1. The van der Waals surface area contributed by atoms with Crippen LogP contribution in [0.1, 0.15) is 16.9 Å². The van der Waals surface area contributed by atoms with Crippen molar-refractivity contribution in [3.8, 4) is 5.75 Å². The zero-order chi connectivity index (χ0) is 14.9. The highest BCUT2D eigenvalue weighted by molar-refractivity contribution is 7.92. The first-order chi connectivity index (χ1) is 9.33. The Morgan fingerprint density at radius 2 is 1.90 bits per heavy atom. The van der Waals surface area contributed by atoms with Gasteiger partial charge in [0.2, 0.25) is 0 Å². The normalized spacial score (nSPS) is 11.4. The molecule has 0 saturated carbocycles. The zero-order valence-electron chi connectivity index (χ0n) is 11.7. The molecule has 0 bridgehead atoms. The second-order valence-electron chi connectivity index (χ2n) is 4.54. The molecule has 0 atom stereocenters. The van der Waals surface area contributed by atoms with Gasteiger partial charge in [-0.15, -0.1) is 0 Å². The number of hydrogen-bond acceptors (Lipinski definition) is 5. The Kier molecular flexibility index (Phi) is 3.71. The molecule has 0 saturated heterocycles. The van der Waals surface area contributed by atoms with E-state index in [4.69, 9.17) is 9.26 Å². The number of aryl methyl sites for hydroxylation is 3. The summed E-state index contributed by atoms with van der Waals surface area (Å²) in [6, 6.07) is 4.97. The minimum Gasteiger partial charge on any atom is -0.495 e. The number of anilines is 1. The van der Waals surface area contributed by atoms with E-state index in [0.29, 0.717) is 17.1 Å². The Hall–Kier alpha value is -2.02. The van der Waals surface area contributed by atoms with Crippen molar-refractivity contribution in [2.24, 2.45) is 0 Å². The van der Waals surface area contributed by atoms with Gasteiger partial charge in [0.15, 0.2) is 5.82 Å². The molecule has 0 aliphatic heterocycles. The van der Waals surface area contributed by atoms with Crippen LogP contribution in [0.15, 0.2) is 27.6 Å². The lowest BCUT2D eigenvalue weighted by Gasteiger charge is -2.13. The van der Waals surface area contributed by atoms with Gasteiger partial charge in [0, 0.05) is 6.07 Å². The van der Waals surface area contributed by atoms with Crippen LogP contribution in [-0.2, 0) is 10.0 Å². The lowest BCUT2D eigenvalue weighted by molar-refractivity contribution is 0.399. The van der Waals surface area contributed by atoms with Crippen LogP contribution < -0.4 is 9.46 Å². The lowest BCUT2D eigenvalue weighted by Crippen LogP contribution is -2.15. The Labute approximate surface area is 117 Å². The molecule has 0 aliphatic carbocycles. The summed E-state index contributed by atoms with van der Waals surface area (Å²) >= 11 is 0. The zero-order valence-corrected chi connectivity index (χ0v) is 12.5. The molecule has 6 nitrogen and oxygen atoms in total. The Morgan fingerprint density at radius 3 is 2.45 bits per heavy atom. The minimum atomic E-state index is -3.79. The van der Waals surface area contributed by atoms with E-state index < -0.39 is 10.0 Å². The van der Waals surface area contributed by atoms with Gasteiger partial charge in [-0.3, -0.25) is 4.72 Å². The van der Waals surface area contributed by atoms with Crippen LogP contribution in [0, 0.1) is 20.8 Å². The molecule has 0 fully saturated rings. The van der Waals surface area contributed by atoms with E-state index in [0.717, 1.165) is 5.56 Å². The van der Waals surface area contributed by atoms with Crippen molar-refractivity contribution in [3.05, 3.63) is 35.1 Å². The Bertz CT molecular complexity index is 735. The fraction of sp³-hybridized carbons (Fsp3) is 0.308. The molecule has 2 aromatic rings. The molecular formula is C13H16N2O4S. The molecule has 1 N–H and O–H groups in total. The summed E-state index contributed by atoms with van der Waals surface area (Å²) in [5.41, 5.74) is 1.53. The fourth-order valence-electron chi connectivity index (χ4n) is 2.01. The number of methoxy groups -OCH3 is 1. The van der Waals surface area contributed by atoms with E-state index in [1.165, 1.54) is 13.2 Å². The predicted molar refractivity (Wildman–Crippen MR) is 74.5 cm³/mol. The molecule has 20 heavy (non-hydrogen) atoms. The van der Waals surface area contributed by atoms with Crippen LogP contribution in [0.25, 0.3) is 0 Å². The molecule has 108 valence electrons. The van der Waals surface area contributed by atoms with Gasteiger partial charge in [-0.25, -0.2) is 8.42 Å². The van der Waals surface area contributed by atoms with Crippen molar-refractivity contribution in [1.29, 1.82) is 0 Å². The Morgan fingerprint density at radius 1 is 1.20 bits per heavy atom. The summed E-state index contributed by atoms with van der Waals surface area (Å²) in [5, 5.41) is 3.62. The van der Waals surface area contributed by atoms with E-state index in [9.17, 15) is 8.42 Å². The van der Waals surface area contributed by atoms with Crippen LogP contribution in [0.2, 0.25) is 0 Å². The van der Waals surface area contributed by atoms with Crippen LogP contribution in [-0.4, -0.2) is 20.7 Å². The van der Waals surface area contributed by atoms with E-state index in [2.05, 4.69) is 9.88 Å². The van der Waals surface area contributed by atoms with Crippen LogP contribution in [0.5, 0.6) is 5.75 Å². The van der Waals surface area contributed by atoms with Gasteiger partial charge in [-0.2, -0.15) is 0 Å². The SMILES string of the molecule is COc1cc(C)cc(C)c1S(=O)(=O)Nc1cc(C)on1. The maximum atomic E-state index is 12.4. The van der Waals surface area contributed by atoms with Gasteiger partial charge < -0.3 is 9.26 Å². The van der Waals surface area contributed by atoms with Crippen molar-refractivity contribution in [2.75, 3.05) is 11.8 Å². The van der Waals surface area contributed by atoms with Gasteiger partial charge in [0.05, 0.1) is 7.11 Å². The highest BCUT2D eigenvalue weighted by Gasteiger charge is 2.23. The Balaban J connectivity index is 2.49. The van der Waals surface area contributed by atoms with Crippen LogP contribution in [0.3, 0.4) is 0 Å². The van der Waals surface area contributed by atoms with E-state index in [1.54, 1.807) is 26.0 Å². The van der Waals surface area contributed by atoms with Crippen molar-refractivity contribution in [2.45, 2.75) is 25.7 Å². The smallest absolute Gasteiger partial charge is 0.267 e. The molecule has 0 amide bonds. The van der Waals surface area contributed by atoms with Crippen molar-refractivity contribution >= 4 is 15.8 Å². The number of benzene rings is 1. The average molecular weight is 296 g/mol. The first-order valence-corrected chi connectivity index (χ1v) is 7.43. The summed E-state index contributed by atoms with van der Waals surface area (Å²) in [7, 11) is -2.35. The van der Waals surface area contributed by atoms with Gasteiger partial charge in [-0.1, -0.05) is 11.2 Å². The molecule has 1 aromatic heterocycles. The molecule has 2 rings (SSSR count). The molecule has 0 spiro atoms. The van der Waals surface area contributed by atoms with E-state index in [1.807, 2.05) is 6.92 Å². The highest BCUT2D eigenvalue weighted by Crippen LogP contribution is 2.30. The van der Waals surface area contributed by atoms with E-state index >= 15 is 0 Å². The third kappa shape index (κ3) is 2.77. The van der Waals surface area contributed by atoms with Crippen LogP contribution in [0.4, 0.5) is 5.82 Å². The lowest BCUT2D eigenvalue weighted by atomic mass is 10.1. The van der Waals surface area contributed by atoms with Crippen molar-refractivity contribution in [1.82, 2.24) is 5.16 Å². The molecule has 0 aliphatic rings. The first-order valence-electron chi connectivity index (χ1n) is 5.95. The number of rotatable bonds is 4. The molecule has 0 unspecified atom stereocenters. The third-order valence-electron chi connectivity index (χ3n) is 2.74. The third-order valence-corrected chi connectivity index (χ3v) is 4.28. The monoisotopic (exact) mass is 296 g/mol.